The molecule has 1 fully saturated rings. The van der Waals surface area contributed by atoms with Crippen molar-refractivity contribution in [1.82, 2.24) is 16.0 Å². The van der Waals surface area contributed by atoms with Crippen molar-refractivity contribution in [3.05, 3.63) is 54.0 Å². The van der Waals surface area contributed by atoms with E-state index >= 15 is 0 Å². The van der Waals surface area contributed by atoms with E-state index in [0.29, 0.717) is 30.1 Å². The Morgan fingerprint density at radius 1 is 1.25 bits per heavy atom. The van der Waals surface area contributed by atoms with Gasteiger partial charge in [-0.05, 0) is 62.9 Å². The van der Waals surface area contributed by atoms with Crippen molar-refractivity contribution in [3.8, 4) is 5.75 Å². The van der Waals surface area contributed by atoms with Gasteiger partial charge in [0.05, 0.1) is 12.8 Å². The van der Waals surface area contributed by atoms with Crippen LogP contribution in [0.25, 0.3) is 0 Å². The van der Waals surface area contributed by atoms with E-state index in [1.54, 1.807) is 19.1 Å². The summed E-state index contributed by atoms with van der Waals surface area (Å²) in [5, 5.41) is 19.9. The Bertz CT molecular complexity index is 849. The molecule has 1 amide bonds. The number of furan rings is 1. The van der Waals surface area contributed by atoms with Crippen LogP contribution in [0.3, 0.4) is 0 Å². The highest BCUT2D eigenvalue weighted by molar-refractivity contribution is 14.0. The second kappa shape index (κ2) is 12.7. The third-order valence-electron chi connectivity index (χ3n) is 4.88. The predicted molar refractivity (Wildman–Crippen MR) is 134 cm³/mol. The molecular formula is C23H33IN4O4. The number of hydrogen-bond acceptors (Lipinski definition) is 5. The number of carbonyl (C=O) groups is 1. The van der Waals surface area contributed by atoms with Crippen LogP contribution in [0.1, 0.15) is 38.0 Å². The summed E-state index contributed by atoms with van der Waals surface area (Å²) in [6.07, 6.45) is 4.47. The highest BCUT2D eigenvalue weighted by Gasteiger charge is 2.26. The number of carbonyl (C=O) groups excluding carboxylic acids is 1. The average Bonchev–Trinajstić information content (AvgIpc) is 3.38. The van der Waals surface area contributed by atoms with Crippen molar-refractivity contribution in [2.45, 2.75) is 44.8 Å². The summed E-state index contributed by atoms with van der Waals surface area (Å²) in [7, 11) is 0. The molecule has 2 aromatic rings. The standard InChI is InChI=1S/C23H32N4O4.HI/c1-3-24-22(26-16-23(2,29)20-5-4-14-30-20)25-13-12-17-6-10-19(11-7-17)31-15-21(28)27-18-8-9-18;/h4-7,10-11,14,18,29H,3,8-9,12-13,15-16H2,1-2H3,(H,27,28)(H2,24,25,26);1H. The molecule has 1 aromatic heterocycles. The van der Waals surface area contributed by atoms with Gasteiger partial charge in [-0.2, -0.15) is 0 Å². The van der Waals surface area contributed by atoms with Gasteiger partial charge in [0.15, 0.2) is 12.6 Å². The minimum absolute atomic E-state index is 0. The van der Waals surface area contributed by atoms with E-state index in [1.165, 1.54) is 6.26 Å². The number of hydrogen-bond donors (Lipinski definition) is 4. The summed E-state index contributed by atoms with van der Waals surface area (Å²) in [6, 6.07) is 11.6. The number of nitrogens with zero attached hydrogens (tertiary/aromatic N) is 1. The SMILES string of the molecule is CCNC(=NCC(C)(O)c1ccco1)NCCc1ccc(OCC(=O)NC2CC2)cc1.I. The minimum atomic E-state index is -1.17. The van der Waals surface area contributed by atoms with Gasteiger partial charge in [0, 0.05) is 19.1 Å². The maximum absolute atomic E-state index is 11.7. The van der Waals surface area contributed by atoms with E-state index in [1.807, 2.05) is 31.2 Å². The van der Waals surface area contributed by atoms with E-state index in [-0.39, 0.29) is 43.0 Å². The number of nitrogens with one attached hydrogen (secondary N) is 3. The zero-order valence-electron chi connectivity index (χ0n) is 18.6. The van der Waals surface area contributed by atoms with Gasteiger partial charge in [-0.15, -0.1) is 24.0 Å². The van der Waals surface area contributed by atoms with Gasteiger partial charge in [0.25, 0.3) is 5.91 Å². The third kappa shape index (κ3) is 8.70. The summed E-state index contributed by atoms with van der Waals surface area (Å²) < 4.78 is 10.8. The molecule has 176 valence electrons. The Morgan fingerprint density at radius 2 is 2.00 bits per heavy atom. The van der Waals surface area contributed by atoms with Crippen LogP contribution >= 0.6 is 24.0 Å². The van der Waals surface area contributed by atoms with E-state index < -0.39 is 5.60 Å². The van der Waals surface area contributed by atoms with Crippen LogP contribution in [-0.2, 0) is 16.8 Å². The Morgan fingerprint density at radius 3 is 2.62 bits per heavy atom. The predicted octanol–water partition coefficient (Wildman–Crippen LogP) is 2.56. The Kier molecular flexibility index (Phi) is 10.3. The smallest absolute Gasteiger partial charge is 0.258 e. The summed E-state index contributed by atoms with van der Waals surface area (Å²) in [4.78, 5) is 16.2. The number of amides is 1. The van der Waals surface area contributed by atoms with Crippen molar-refractivity contribution >= 4 is 35.8 Å². The molecule has 9 heteroatoms. The first-order valence-corrected chi connectivity index (χ1v) is 10.8. The van der Waals surface area contributed by atoms with Gasteiger partial charge >= 0.3 is 0 Å². The zero-order valence-corrected chi connectivity index (χ0v) is 20.9. The minimum Gasteiger partial charge on any atom is -0.484 e. The van der Waals surface area contributed by atoms with Crippen LogP contribution in [0.2, 0.25) is 0 Å². The summed E-state index contributed by atoms with van der Waals surface area (Å²) >= 11 is 0. The molecule has 32 heavy (non-hydrogen) atoms. The van der Waals surface area contributed by atoms with Gasteiger partial charge in [0.2, 0.25) is 0 Å². The average molecular weight is 556 g/mol. The van der Waals surface area contributed by atoms with Crippen LogP contribution in [0.4, 0.5) is 0 Å². The first-order chi connectivity index (χ1) is 15.0. The molecule has 4 N–H and O–H groups in total. The van der Waals surface area contributed by atoms with Crippen LogP contribution in [0, 0.1) is 0 Å². The molecule has 0 bridgehead atoms. The Hall–Kier alpha value is -2.27. The molecule has 3 rings (SSSR count). The Balaban J connectivity index is 0.00000363. The van der Waals surface area contributed by atoms with E-state index in [0.717, 1.165) is 31.4 Å². The first-order valence-electron chi connectivity index (χ1n) is 10.8. The van der Waals surface area contributed by atoms with Crippen LogP contribution < -0.4 is 20.7 Å². The molecule has 1 unspecified atom stereocenters. The molecule has 1 saturated carbocycles. The van der Waals surface area contributed by atoms with Gasteiger partial charge in [0.1, 0.15) is 17.1 Å². The highest BCUT2D eigenvalue weighted by atomic mass is 127. The molecular weight excluding hydrogens is 523 g/mol. The van der Waals surface area contributed by atoms with Crippen molar-refractivity contribution in [2.75, 3.05) is 26.2 Å². The second-order valence-corrected chi connectivity index (χ2v) is 7.90. The molecule has 0 saturated heterocycles. The van der Waals surface area contributed by atoms with E-state index in [4.69, 9.17) is 9.15 Å². The quantitative estimate of drug-likeness (QED) is 0.193. The fourth-order valence-electron chi connectivity index (χ4n) is 2.96. The number of guanidine groups is 1. The molecule has 0 spiro atoms. The fraction of sp³-hybridized carbons (Fsp3) is 0.478. The fourth-order valence-corrected chi connectivity index (χ4v) is 2.96. The Labute approximate surface area is 206 Å². The topological polar surface area (TPSA) is 108 Å². The first kappa shape index (κ1) is 26.0. The molecule has 1 heterocycles. The van der Waals surface area contributed by atoms with Gasteiger partial charge in [-0.25, -0.2) is 4.99 Å². The van der Waals surface area contributed by atoms with Gasteiger partial charge in [-0.1, -0.05) is 12.1 Å². The van der Waals surface area contributed by atoms with Crippen molar-refractivity contribution in [2.24, 2.45) is 4.99 Å². The number of rotatable bonds is 11. The molecule has 8 nitrogen and oxygen atoms in total. The highest BCUT2D eigenvalue weighted by Crippen LogP contribution is 2.21. The van der Waals surface area contributed by atoms with Gasteiger partial charge < -0.3 is 30.2 Å². The third-order valence-corrected chi connectivity index (χ3v) is 4.88. The number of ether oxygens (including phenoxy) is 1. The number of aliphatic imine (C=N–C) groups is 1. The maximum Gasteiger partial charge on any atom is 0.258 e. The number of benzene rings is 1. The molecule has 1 aliphatic rings. The molecule has 1 aromatic carbocycles. The summed E-state index contributed by atoms with van der Waals surface area (Å²) in [6.45, 7) is 5.29. The lowest BCUT2D eigenvalue weighted by atomic mass is 10.0. The summed E-state index contributed by atoms with van der Waals surface area (Å²) in [5.41, 5.74) is -0.0299. The maximum atomic E-state index is 11.7. The van der Waals surface area contributed by atoms with E-state index in [2.05, 4.69) is 20.9 Å². The van der Waals surface area contributed by atoms with Gasteiger partial charge in [-0.3, -0.25) is 4.79 Å². The van der Waals surface area contributed by atoms with Crippen molar-refractivity contribution in [3.63, 3.8) is 0 Å². The number of halogens is 1. The van der Waals surface area contributed by atoms with Crippen LogP contribution in [0.5, 0.6) is 5.75 Å². The van der Waals surface area contributed by atoms with Crippen molar-refractivity contribution in [1.29, 1.82) is 0 Å². The normalized spacial score (nSPS) is 15.3. The lowest BCUT2D eigenvalue weighted by Gasteiger charge is -2.19. The molecule has 0 aliphatic heterocycles. The largest absolute Gasteiger partial charge is 0.484 e. The van der Waals surface area contributed by atoms with Crippen molar-refractivity contribution < 1.29 is 19.1 Å². The lowest BCUT2D eigenvalue weighted by Crippen LogP contribution is -2.39. The van der Waals surface area contributed by atoms with Crippen LogP contribution in [-0.4, -0.2) is 49.3 Å². The van der Waals surface area contributed by atoms with E-state index in [9.17, 15) is 9.90 Å². The second-order valence-electron chi connectivity index (χ2n) is 7.90. The monoisotopic (exact) mass is 556 g/mol. The zero-order chi connectivity index (χ0) is 22.1. The molecule has 1 aliphatic carbocycles. The number of aliphatic hydroxyl groups is 1. The lowest BCUT2D eigenvalue weighted by molar-refractivity contribution is -0.123. The van der Waals surface area contributed by atoms with Crippen LogP contribution in [0.15, 0.2) is 52.1 Å². The molecule has 0 radical (unpaired) electrons. The summed E-state index contributed by atoms with van der Waals surface area (Å²) in [5.74, 6) is 1.73. The molecule has 1 atom stereocenters.